The number of nitrogens with zero attached hydrogens (tertiary/aromatic N) is 2. The molecular formula is C40H49ClN2O5S2. The van der Waals surface area contributed by atoms with Crippen LogP contribution in [0.15, 0.2) is 95.7 Å². The van der Waals surface area contributed by atoms with Gasteiger partial charge in [0.2, 0.25) is 0 Å². The summed E-state index contributed by atoms with van der Waals surface area (Å²) >= 11 is 6.19. The van der Waals surface area contributed by atoms with Crippen molar-refractivity contribution in [2.75, 3.05) is 21.7 Å². The van der Waals surface area contributed by atoms with E-state index in [9.17, 15) is 21.9 Å². The van der Waals surface area contributed by atoms with Gasteiger partial charge in [0, 0.05) is 29.7 Å². The molecule has 4 rings (SSSR count). The van der Waals surface area contributed by atoms with Crippen molar-refractivity contribution in [1.82, 2.24) is 0 Å². The van der Waals surface area contributed by atoms with Crippen LogP contribution in [0.1, 0.15) is 61.1 Å². The van der Waals surface area contributed by atoms with E-state index < -0.39 is 20.0 Å². The van der Waals surface area contributed by atoms with Gasteiger partial charge < -0.3 is 5.11 Å². The Bertz CT molecular complexity index is 1920. The van der Waals surface area contributed by atoms with E-state index >= 15 is 0 Å². The first kappa shape index (κ1) is 40.4. The zero-order valence-electron chi connectivity index (χ0n) is 30.2. The molecule has 4 aromatic carbocycles. The Hall–Kier alpha value is -4.05. The lowest BCUT2D eigenvalue weighted by Gasteiger charge is -2.28. The van der Waals surface area contributed by atoms with Gasteiger partial charge in [-0.1, -0.05) is 106 Å². The van der Waals surface area contributed by atoms with Crippen LogP contribution in [0.3, 0.4) is 0 Å². The zero-order chi connectivity index (χ0) is 37.6. The van der Waals surface area contributed by atoms with Crippen LogP contribution in [0, 0.1) is 39.5 Å². The summed E-state index contributed by atoms with van der Waals surface area (Å²) < 4.78 is 56.0. The molecule has 0 atom stereocenters. The maximum Gasteiger partial charge on any atom is 0.264 e. The molecule has 50 heavy (non-hydrogen) atoms. The van der Waals surface area contributed by atoms with Gasteiger partial charge in [0.05, 0.1) is 21.2 Å². The molecule has 0 aliphatic carbocycles. The number of phenolic OH excluding ortho intramolecular Hbond substituents is 1. The Morgan fingerprint density at radius 3 is 1.38 bits per heavy atom. The number of benzene rings is 4. The third-order valence-corrected chi connectivity index (χ3v) is 11.8. The second kappa shape index (κ2) is 16.8. The van der Waals surface area contributed by atoms with Gasteiger partial charge in [-0.3, -0.25) is 8.61 Å². The Morgan fingerprint density at radius 1 is 0.640 bits per heavy atom. The number of halogens is 1. The van der Waals surface area contributed by atoms with Gasteiger partial charge in [-0.15, -0.1) is 0 Å². The number of aryl methyl sites for hydroxylation is 4. The van der Waals surface area contributed by atoms with E-state index in [1.807, 2.05) is 91.8 Å². The first-order valence-electron chi connectivity index (χ1n) is 16.4. The first-order valence-corrected chi connectivity index (χ1v) is 19.7. The van der Waals surface area contributed by atoms with Crippen LogP contribution in [0.25, 0.3) is 12.2 Å². The number of rotatable bonds is 12. The van der Waals surface area contributed by atoms with Crippen molar-refractivity contribution >= 4 is 55.2 Å². The van der Waals surface area contributed by atoms with Crippen LogP contribution in [-0.4, -0.2) is 35.0 Å². The summed E-state index contributed by atoms with van der Waals surface area (Å²) in [7, 11) is -7.51. The normalized spacial score (nSPS) is 11.6. The van der Waals surface area contributed by atoms with E-state index in [1.54, 1.807) is 24.3 Å². The smallest absolute Gasteiger partial charge is 0.264 e. The summed E-state index contributed by atoms with van der Waals surface area (Å²) in [6, 6.07) is 20.6. The molecule has 0 spiro atoms. The van der Waals surface area contributed by atoms with Crippen molar-refractivity contribution in [3.8, 4) is 5.75 Å². The van der Waals surface area contributed by atoms with Gasteiger partial charge in [-0.2, -0.15) is 0 Å². The summed E-state index contributed by atoms with van der Waals surface area (Å²) in [5, 5.41) is 10.4. The predicted octanol–water partition coefficient (Wildman–Crippen LogP) is 9.95. The van der Waals surface area contributed by atoms with Gasteiger partial charge in [0.1, 0.15) is 5.75 Å². The van der Waals surface area contributed by atoms with Crippen LogP contribution in [0.4, 0.5) is 11.4 Å². The predicted molar refractivity (Wildman–Crippen MR) is 210 cm³/mol. The maximum absolute atomic E-state index is 13.3. The average molecular weight is 737 g/mol. The van der Waals surface area contributed by atoms with Gasteiger partial charge >= 0.3 is 0 Å². The fourth-order valence-corrected chi connectivity index (χ4v) is 9.19. The Balaban J connectivity index is 0.000000270. The van der Waals surface area contributed by atoms with Crippen LogP contribution in [-0.2, 0) is 20.0 Å². The van der Waals surface area contributed by atoms with Crippen LogP contribution >= 0.6 is 11.6 Å². The summed E-state index contributed by atoms with van der Waals surface area (Å²) in [6.45, 7) is 23.8. The molecule has 0 bridgehead atoms. The Kier molecular flexibility index (Phi) is 13.5. The van der Waals surface area contributed by atoms with Crippen LogP contribution < -0.4 is 8.61 Å². The zero-order valence-corrected chi connectivity index (χ0v) is 32.6. The van der Waals surface area contributed by atoms with Crippen LogP contribution in [0.5, 0.6) is 5.75 Å². The molecule has 0 unspecified atom stereocenters. The summed E-state index contributed by atoms with van der Waals surface area (Å²) in [5.74, 6) is 0.233. The summed E-state index contributed by atoms with van der Waals surface area (Å²) in [4.78, 5) is 0.250. The highest BCUT2D eigenvalue weighted by molar-refractivity contribution is 7.93. The number of aromatic hydroxyl groups is 1. The first-order chi connectivity index (χ1) is 23.3. The minimum absolute atomic E-state index is 0.0659. The highest BCUT2D eigenvalue weighted by Gasteiger charge is 2.29. The Morgan fingerprint density at radius 2 is 1.04 bits per heavy atom. The highest BCUT2D eigenvalue weighted by Crippen LogP contribution is 2.32. The second-order valence-corrected chi connectivity index (χ2v) is 17.4. The lowest BCUT2D eigenvalue weighted by atomic mass is 10.1. The molecule has 0 aliphatic rings. The standard InChI is InChI=1S/C20H24ClNO2S.C20H25NO3S/c1-6-17-8-9-18(12-19(17)21)25(23,24)22(13-14(2)3)20-10-7-15(4)11-16(20)5;1-6-17-8-9-18(12-20(17)22)25(23,24)21(13-14(2)3)19-10-7-15(4)11-16(19)5/h6-12,14H,1,13H2,2-5H3;6-12,14,22H,1,13H2,2-5H3. The lowest BCUT2D eigenvalue weighted by Crippen LogP contribution is -2.34. The molecule has 0 saturated carbocycles. The van der Waals surface area contributed by atoms with Crippen molar-refractivity contribution in [3.63, 3.8) is 0 Å². The third-order valence-electron chi connectivity index (χ3n) is 7.89. The number of anilines is 2. The minimum atomic E-state index is -3.79. The summed E-state index contributed by atoms with van der Waals surface area (Å²) in [6.07, 6.45) is 3.09. The van der Waals surface area contributed by atoms with E-state index in [0.717, 1.165) is 22.3 Å². The summed E-state index contributed by atoms with van der Waals surface area (Å²) in [5.41, 5.74) is 6.57. The van der Waals surface area contributed by atoms with E-state index in [0.29, 0.717) is 40.6 Å². The molecule has 10 heteroatoms. The SMILES string of the molecule is C=Cc1ccc(S(=O)(=O)N(CC(C)C)c2ccc(C)cc2C)cc1Cl.C=Cc1ccc(S(=O)(=O)N(CC(C)C)c2ccc(C)cc2C)cc1O. The van der Waals surface area contributed by atoms with Gasteiger partial charge in [-0.05, 0) is 92.6 Å². The topological polar surface area (TPSA) is 95.0 Å². The number of hydrogen-bond donors (Lipinski definition) is 1. The van der Waals surface area contributed by atoms with Crippen molar-refractivity contribution < 1.29 is 21.9 Å². The van der Waals surface area contributed by atoms with Crippen molar-refractivity contribution in [3.05, 3.63) is 124 Å². The largest absolute Gasteiger partial charge is 0.507 e. The fraction of sp³-hybridized carbons (Fsp3) is 0.300. The monoisotopic (exact) mass is 736 g/mol. The van der Waals surface area contributed by atoms with Crippen LogP contribution in [0.2, 0.25) is 5.02 Å². The van der Waals surface area contributed by atoms with E-state index in [-0.39, 0.29) is 27.4 Å². The van der Waals surface area contributed by atoms with Crippen molar-refractivity contribution in [2.45, 2.75) is 65.2 Å². The number of hydrogen-bond acceptors (Lipinski definition) is 5. The third kappa shape index (κ3) is 9.59. The highest BCUT2D eigenvalue weighted by atomic mass is 35.5. The van der Waals surface area contributed by atoms with E-state index in [1.165, 1.54) is 32.9 Å². The molecule has 0 fully saturated rings. The van der Waals surface area contributed by atoms with E-state index in [4.69, 9.17) is 11.6 Å². The lowest BCUT2D eigenvalue weighted by molar-refractivity contribution is 0.472. The molecule has 0 saturated heterocycles. The number of sulfonamides is 2. The van der Waals surface area contributed by atoms with Gasteiger partial charge in [-0.25, -0.2) is 16.8 Å². The fourth-order valence-electron chi connectivity index (χ4n) is 5.43. The minimum Gasteiger partial charge on any atom is -0.507 e. The molecule has 1 N–H and O–H groups in total. The van der Waals surface area contributed by atoms with E-state index in [2.05, 4.69) is 13.2 Å². The molecule has 4 aromatic rings. The van der Waals surface area contributed by atoms with Gasteiger partial charge in [0.15, 0.2) is 0 Å². The quantitative estimate of drug-likeness (QED) is 0.156. The molecule has 0 heterocycles. The molecule has 0 radical (unpaired) electrons. The molecule has 0 aliphatic heterocycles. The molecule has 0 aromatic heterocycles. The van der Waals surface area contributed by atoms with Gasteiger partial charge in [0.25, 0.3) is 20.0 Å². The molecule has 268 valence electrons. The maximum atomic E-state index is 13.3. The molecule has 0 amide bonds. The Labute approximate surface area is 304 Å². The second-order valence-electron chi connectivity index (χ2n) is 13.3. The van der Waals surface area contributed by atoms with Crippen molar-refractivity contribution in [1.29, 1.82) is 0 Å². The number of phenols is 1. The molecule has 7 nitrogen and oxygen atoms in total. The molecular weight excluding hydrogens is 688 g/mol. The average Bonchev–Trinajstić information content (AvgIpc) is 3.03. The van der Waals surface area contributed by atoms with Crippen molar-refractivity contribution in [2.24, 2.45) is 11.8 Å².